The molecule has 2 saturated carbocycles. The van der Waals surface area contributed by atoms with Gasteiger partial charge in [0.25, 0.3) is 5.91 Å². The number of benzene rings is 3. The second-order valence-electron chi connectivity index (χ2n) is 22.2. The van der Waals surface area contributed by atoms with Gasteiger partial charge in [0.1, 0.15) is 29.7 Å². The van der Waals surface area contributed by atoms with Crippen molar-refractivity contribution < 1.29 is 71.5 Å². The van der Waals surface area contributed by atoms with Gasteiger partial charge in [-0.2, -0.15) is 0 Å². The van der Waals surface area contributed by atoms with E-state index in [9.17, 15) is 29.4 Å². The molecule has 3 aromatic carbocycles. The van der Waals surface area contributed by atoms with Gasteiger partial charge in [0.05, 0.1) is 35.6 Å². The summed E-state index contributed by atoms with van der Waals surface area (Å²) < 4.78 is 47.0. The van der Waals surface area contributed by atoms with Crippen LogP contribution in [-0.2, 0) is 51.7 Å². The Kier molecular flexibility index (Phi) is 17.7. The zero-order valence-electron chi connectivity index (χ0n) is 46.8. The summed E-state index contributed by atoms with van der Waals surface area (Å²) >= 11 is 0. The van der Waals surface area contributed by atoms with Gasteiger partial charge >= 0.3 is 23.9 Å². The minimum absolute atomic E-state index is 0.0105. The van der Waals surface area contributed by atoms with Gasteiger partial charge in [-0.1, -0.05) is 104 Å². The molecule has 1 amide bonds. The average molecular weight is 1100 g/mol. The largest absolute Gasteiger partial charge is 0.508 e. The number of aliphatic hydroxyl groups is 1. The summed E-state index contributed by atoms with van der Waals surface area (Å²) in [6.45, 7) is 21.0. The third-order valence-electron chi connectivity index (χ3n) is 18.2. The number of hydrogen-bond donors (Lipinski definition) is 3. The molecule has 7 rings (SSSR count). The Bertz CT molecular complexity index is 2670. The minimum atomic E-state index is -2.77. The molecule has 1 saturated heterocycles. The fraction of sp³-hybridized carbons (Fsp3) is 0.559. The number of rotatable bonds is 20. The number of Topliss-reactive ketones (excluding diaryl/α,β-unsaturated/α-hetero) is 1. The Morgan fingerprint density at radius 2 is 1.32 bits per heavy atom. The van der Waals surface area contributed by atoms with Gasteiger partial charge < -0.3 is 48.1 Å². The number of ether oxygens (including phenoxy) is 5. The van der Waals surface area contributed by atoms with Gasteiger partial charge in [-0.05, 0) is 103 Å². The first kappa shape index (κ1) is 59.2. The van der Waals surface area contributed by atoms with Gasteiger partial charge in [0.2, 0.25) is 0 Å². The van der Waals surface area contributed by atoms with Crippen molar-refractivity contribution >= 4 is 52.2 Å². The number of aromatic hydroxyl groups is 1. The van der Waals surface area contributed by atoms with Gasteiger partial charge in [-0.15, -0.1) is 0 Å². The van der Waals surface area contributed by atoms with E-state index in [4.69, 9.17) is 32.5 Å². The highest BCUT2D eigenvalue weighted by Crippen LogP contribution is 2.65. The predicted octanol–water partition coefficient (Wildman–Crippen LogP) is 9.50. The van der Waals surface area contributed by atoms with E-state index < -0.39 is 129 Å². The summed E-state index contributed by atoms with van der Waals surface area (Å²) in [5.74, 6) is -6.10. The molecule has 77 heavy (non-hydrogen) atoms. The quantitative estimate of drug-likeness (QED) is 0.0415. The van der Waals surface area contributed by atoms with E-state index in [1.54, 1.807) is 82.3 Å². The third kappa shape index (κ3) is 10.7. The molecular weight excluding hydrogens is 1020 g/mol. The minimum Gasteiger partial charge on any atom is -0.508 e. The van der Waals surface area contributed by atoms with Crippen molar-refractivity contribution in [2.75, 3.05) is 6.61 Å². The summed E-state index contributed by atoms with van der Waals surface area (Å²) in [6, 6.07) is 25.7. The molecule has 3 aromatic rings. The molecule has 4 aliphatic rings. The van der Waals surface area contributed by atoms with Crippen LogP contribution < -0.4 is 5.32 Å². The normalized spacial score (nSPS) is 28.5. The fourth-order valence-electron chi connectivity index (χ4n) is 13.0. The standard InChI is InChI=1S/C59H79NO15Si2/c1-13-76(14-2,15-3)74-44-33-45-58(35-69-45,73-38(9)62)50-52(72-54(66)41-29-31-42(63)32-30-41)59(68)34-43(36(7)46(56(59,10)11)48(70-37(8)61)51(64)57(44,50)12)71-55(67)49(75-77(16-4,17-5)18-6)47(39-25-21-19-22-26-39)60-53(65)40-27-23-20-24-28-40/h19-32,43-45,47-50,52,63,68H,13-18,33-35H2,1-12H3,(H,60,65)/t43-,44-,45+,47-,48+,49+,50-,52-,57+,58-,59+/m0/s1. The summed E-state index contributed by atoms with van der Waals surface area (Å²) in [4.78, 5) is 88.7. The maximum atomic E-state index is 16.6. The highest BCUT2D eigenvalue weighted by atomic mass is 28.4. The number of phenolic OH excluding ortho intramolecular Hbond substituents is 1. The van der Waals surface area contributed by atoms with Gasteiger partial charge in [0, 0.05) is 37.7 Å². The van der Waals surface area contributed by atoms with Crippen LogP contribution in [0.2, 0.25) is 36.3 Å². The lowest BCUT2D eigenvalue weighted by Gasteiger charge is -2.68. The topological polar surface area (TPSA) is 220 Å². The molecule has 11 atom stereocenters. The van der Waals surface area contributed by atoms with Crippen LogP contribution in [0.5, 0.6) is 5.75 Å². The highest BCUT2D eigenvalue weighted by molar-refractivity contribution is 6.74. The Hall–Kier alpha value is -5.51. The van der Waals surface area contributed by atoms with Crippen LogP contribution >= 0.6 is 0 Å². The molecule has 2 bridgehead atoms. The lowest BCUT2D eigenvalue weighted by Crippen LogP contribution is -2.82. The Morgan fingerprint density at radius 1 is 0.753 bits per heavy atom. The van der Waals surface area contributed by atoms with E-state index in [2.05, 4.69) is 5.32 Å². The molecule has 3 N–H and O–H groups in total. The molecule has 1 aliphatic heterocycles. The molecule has 0 spiro atoms. The lowest BCUT2D eigenvalue weighted by atomic mass is 9.44. The van der Waals surface area contributed by atoms with Crippen molar-refractivity contribution in [3.8, 4) is 5.75 Å². The summed E-state index contributed by atoms with van der Waals surface area (Å²) in [5, 5.41) is 27.8. The Morgan fingerprint density at radius 3 is 1.84 bits per heavy atom. The van der Waals surface area contributed by atoms with Crippen molar-refractivity contribution in [3.63, 3.8) is 0 Å². The van der Waals surface area contributed by atoms with Crippen molar-refractivity contribution in [3.05, 3.63) is 113 Å². The number of carbonyl (C=O) groups is 6. The van der Waals surface area contributed by atoms with Gasteiger partial charge in [-0.25, -0.2) is 9.59 Å². The molecule has 3 aliphatic carbocycles. The first-order chi connectivity index (χ1) is 36.4. The molecule has 0 radical (unpaired) electrons. The van der Waals surface area contributed by atoms with Crippen molar-refractivity contribution in [1.29, 1.82) is 0 Å². The molecule has 16 nitrogen and oxygen atoms in total. The number of nitrogens with one attached hydrogen (secondary N) is 1. The molecular formula is C59H79NO15Si2. The van der Waals surface area contributed by atoms with Crippen molar-refractivity contribution in [2.45, 2.75) is 186 Å². The second-order valence-corrected chi connectivity index (χ2v) is 31.7. The lowest BCUT2D eigenvalue weighted by molar-refractivity contribution is -0.344. The van der Waals surface area contributed by atoms with Crippen molar-refractivity contribution in [2.24, 2.45) is 16.7 Å². The van der Waals surface area contributed by atoms with Crippen LogP contribution in [-0.4, -0.2) is 117 Å². The average Bonchev–Trinajstić information content (AvgIpc) is 3.60. The maximum Gasteiger partial charge on any atom is 0.338 e. The van der Waals surface area contributed by atoms with Gasteiger partial charge in [-0.3, -0.25) is 19.2 Å². The van der Waals surface area contributed by atoms with E-state index in [1.807, 2.05) is 47.6 Å². The Balaban J connectivity index is 1.50. The Labute approximate surface area is 455 Å². The summed E-state index contributed by atoms with van der Waals surface area (Å²) in [7, 11) is -5.45. The SMILES string of the molecule is CC[Si](CC)(CC)O[C@H]1C[C@H]2OC[C@@]2(OC(C)=O)[C@H]2[C@H](OC(=O)c3ccc(O)cc3)[C@]3(O)C[C@H](OC(=O)[C@H](O[Si](CC)(CC)CC)[C@@H](NC(=O)c4ccccc4)c4ccccc4)C(C)=C([C@@H](OC(C)=O)C(=O)[C@]12C)C3(C)C. The van der Waals surface area contributed by atoms with Crippen molar-refractivity contribution in [1.82, 2.24) is 5.32 Å². The zero-order chi connectivity index (χ0) is 56.5. The number of esters is 4. The molecule has 1 heterocycles. The number of hydrogen-bond acceptors (Lipinski definition) is 15. The molecule has 0 unspecified atom stereocenters. The van der Waals surface area contributed by atoms with Crippen LogP contribution in [0.4, 0.5) is 0 Å². The van der Waals surface area contributed by atoms with E-state index in [1.165, 1.54) is 38.1 Å². The fourth-order valence-corrected chi connectivity index (χ4v) is 18.7. The number of phenols is 1. The number of ketones is 1. The van der Waals surface area contributed by atoms with E-state index in [0.29, 0.717) is 53.0 Å². The number of carbonyl (C=O) groups excluding carboxylic acids is 6. The molecule has 418 valence electrons. The predicted molar refractivity (Wildman–Crippen MR) is 291 cm³/mol. The van der Waals surface area contributed by atoms with Crippen LogP contribution in [0.15, 0.2) is 96.1 Å². The monoisotopic (exact) mass is 1100 g/mol. The van der Waals surface area contributed by atoms with E-state index >= 15 is 9.59 Å². The van der Waals surface area contributed by atoms with Gasteiger partial charge in [0.15, 0.2) is 40.2 Å². The van der Waals surface area contributed by atoms with E-state index in [-0.39, 0.29) is 29.9 Å². The number of amides is 1. The molecule has 18 heteroatoms. The first-order valence-electron chi connectivity index (χ1n) is 27.3. The van der Waals surface area contributed by atoms with Crippen LogP contribution in [0.1, 0.15) is 128 Å². The van der Waals surface area contributed by atoms with E-state index in [0.717, 1.165) is 0 Å². The molecule has 3 fully saturated rings. The van der Waals surface area contributed by atoms with Crippen LogP contribution in [0.3, 0.4) is 0 Å². The van der Waals surface area contributed by atoms with Crippen LogP contribution in [0, 0.1) is 16.7 Å². The first-order valence-corrected chi connectivity index (χ1v) is 32.4. The summed E-state index contributed by atoms with van der Waals surface area (Å²) in [5.41, 5.74) is -6.35. The highest BCUT2D eigenvalue weighted by Gasteiger charge is 2.79. The second kappa shape index (κ2) is 23.1. The summed E-state index contributed by atoms with van der Waals surface area (Å²) in [6.07, 6.45) is -8.75. The molecule has 0 aromatic heterocycles. The smallest absolute Gasteiger partial charge is 0.338 e. The number of fused-ring (bicyclic) bond motifs is 5. The zero-order valence-corrected chi connectivity index (χ0v) is 48.8. The van der Waals surface area contributed by atoms with Crippen LogP contribution in [0.25, 0.3) is 0 Å². The third-order valence-corrected chi connectivity index (χ3v) is 27.4. The maximum absolute atomic E-state index is 16.6.